The maximum absolute atomic E-state index is 6.46. The number of benzene rings is 7. The lowest BCUT2D eigenvalue weighted by Crippen LogP contribution is -2.01. The van der Waals surface area contributed by atoms with E-state index in [1.54, 1.807) is 0 Å². The lowest BCUT2D eigenvalue weighted by atomic mass is 10.0. The average molecular weight is 614 g/mol. The highest BCUT2D eigenvalue weighted by Crippen LogP contribution is 2.41. The van der Waals surface area contributed by atoms with Gasteiger partial charge >= 0.3 is 0 Å². The second-order valence-corrected chi connectivity index (χ2v) is 12.2. The van der Waals surface area contributed by atoms with Gasteiger partial charge in [0.15, 0.2) is 5.82 Å². The van der Waals surface area contributed by atoms with Crippen LogP contribution in [0.25, 0.3) is 94.1 Å². The van der Waals surface area contributed by atoms with E-state index in [0.29, 0.717) is 5.82 Å². The minimum Gasteiger partial charge on any atom is -0.456 e. The molecule has 3 aromatic heterocycles. The molecule has 0 saturated carbocycles. The van der Waals surface area contributed by atoms with E-state index in [2.05, 4.69) is 144 Å². The summed E-state index contributed by atoms with van der Waals surface area (Å²) in [4.78, 5) is 10.6. The van der Waals surface area contributed by atoms with Gasteiger partial charge in [0.1, 0.15) is 11.2 Å². The maximum Gasteiger partial charge on any atom is 0.162 e. The summed E-state index contributed by atoms with van der Waals surface area (Å²) in [6, 6.07) is 57.2. The number of nitrogens with zero attached hydrogens (tertiary/aromatic N) is 3. The van der Waals surface area contributed by atoms with Crippen molar-refractivity contribution in [3.8, 4) is 39.5 Å². The number of aromatic nitrogens is 3. The minimum atomic E-state index is 0.667. The topological polar surface area (TPSA) is 43.9 Å². The van der Waals surface area contributed by atoms with Gasteiger partial charge in [-0.3, -0.25) is 0 Å². The lowest BCUT2D eigenvalue weighted by molar-refractivity contribution is 0.668. The van der Waals surface area contributed by atoms with Crippen LogP contribution in [-0.4, -0.2) is 14.5 Å². The van der Waals surface area contributed by atoms with Gasteiger partial charge in [0.25, 0.3) is 0 Å². The van der Waals surface area contributed by atoms with Crippen molar-refractivity contribution in [2.45, 2.75) is 0 Å². The Morgan fingerprint density at radius 3 is 1.75 bits per heavy atom. The molecule has 0 radical (unpaired) electrons. The molecule has 4 nitrogen and oxygen atoms in total. The van der Waals surface area contributed by atoms with E-state index in [4.69, 9.17) is 14.4 Å². The average Bonchev–Trinajstić information content (AvgIpc) is 3.69. The zero-order chi connectivity index (χ0) is 31.6. The second kappa shape index (κ2) is 10.5. The number of rotatable bonds is 4. The van der Waals surface area contributed by atoms with Crippen molar-refractivity contribution in [3.05, 3.63) is 164 Å². The van der Waals surface area contributed by atoms with E-state index >= 15 is 0 Å². The van der Waals surface area contributed by atoms with Crippen molar-refractivity contribution in [2.24, 2.45) is 0 Å². The number of hydrogen-bond donors (Lipinski definition) is 0. The van der Waals surface area contributed by atoms with Crippen LogP contribution in [0.1, 0.15) is 0 Å². The predicted octanol–water partition coefficient (Wildman–Crippen LogP) is 11.6. The molecular weight excluding hydrogens is 587 g/mol. The first-order valence-electron chi connectivity index (χ1n) is 16.2. The molecule has 0 atom stereocenters. The molecule has 0 amide bonds. The molecule has 0 aliphatic carbocycles. The van der Waals surface area contributed by atoms with Crippen LogP contribution in [-0.2, 0) is 0 Å². The molecule has 224 valence electrons. The number of furan rings is 1. The molecule has 0 bridgehead atoms. The van der Waals surface area contributed by atoms with Crippen molar-refractivity contribution in [1.29, 1.82) is 0 Å². The molecule has 0 unspecified atom stereocenters. The van der Waals surface area contributed by atoms with Crippen molar-refractivity contribution in [3.63, 3.8) is 0 Å². The molecule has 10 rings (SSSR count). The molecule has 0 aliphatic rings. The quantitative estimate of drug-likeness (QED) is 0.198. The van der Waals surface area contributed by atoms with E-state index in [9.17, 15) is 0 Å². The van der Waals surface area contributed by atoms with Crippen molar-refractivity contribution in [2.75, 3.05) is 0 Å². The normalized spacial score (nSPS) is 11.8. The third-order valence-corrected chi connectivity index (χ3v) is 9.43. The Morgan fingerprint density at radius 2 is 1.00 bits per heavy atom. The predicted molar refractivity (Wildman–Crippen MR) is 197 cm³/mol. The van der Waals surface area contributed by atoms with E-state index in [1.165, 1.54) is 21.9 Å². The fourth-order valence-electron chi connectivity index (χ4n) is 7.18. The molecular formula is C44H27N3O. The van der Waals surface area contributed by atoms with Gasteiger partial charge in [0.2, 0.25) is 0 Å². The third kappa shape index (κ3) is 4.10. The van der Waals surface area contributed by atoms with Gasteiger partial charge in [-0.25, -0.2) is 9.97 Å². The summed E-state index contributed by atoms with van der Waals surface area (Å²) in [6.45, 7) is 0. The molecule has 3 heterocycles. The summed E-state index contributed by atoms with van der Waals surface area (Å²) >= 11 is 0. The zero-order valence-electron chi connectivity index (χ0n) is 25.8. The zero-order valence-corrected chi connectivity index (χ0v) is 25.8. The van der Waals surface area contributed by atoms with Gasteiger partial charge in [0.05, 0.1) is 27.9 Å². The van der Waals surface area contributed by atoms with Crippen LogP contribution in [0.2, 0.25) is 0 Å². The summed E-state index contributed by atoms with van der Waals surface area (Å²) in [5.74, 6) is 0.667. The molecule has 0 spiro atoms. The highest BCUT2D eigenvalue weighted by molar-refractivity contribution is 6.12. The fraction of sp³-hybridized carbons (Fsp3) is 0. The van der Waals surface area contributed by atoms with E-state index in [0.717, 1.165) is 66.4 Å². The number of hydrogen-bond acceptors (Lipinski definition) is 3. The van der Waals surface area contributed by atoms with Crippen LogP contribution >= 0.6 is 0 Å². The SMILES string of the molecule is c1ccc(-c2ccc(-c3nc(-c4cc5c(cc4-n4c6ccccc6c6ccccc64)oc4ccccc45)nc4ccccc34)cc2)cc1. The minimum absolute atomic E-state index is 0.667. The fourth-order valence-corrected chi connectivity index (χ4v) is 7.18. The molecule has 0 aliphatic heterocycles. The van der Waals surface area contributed by atoms with Gasteiger partial charge < -0.3 is 8.98 Å². The second-order valence-electron chi connectivity index (χ2n) is 12.2. The summed E-state index contributed by atoms with van der Waals surface area (Å²) in [5, 5.41) is 5.52. The number of fused-ring (bicyclic) bond motifs is 7. The first-order chi connectivity index (χ1) is 23.8. The molecule has 0 fully saturated rings. The molecule has 0 N–H and O–H groups in total. The highest BCUT2D eigenvalue weighted by Gasteiger charge is 2.21. The highest BCUT2D eigenvalue weighted by atomic mass is 16.3. The molecule has 48 heavy (non-hydrogen) atoms. The van der Waals surface area contributed by atoms with Gasteiger partial charge in [-0.05, 0) is 41.5 Å². The Bertz CT molecular complexity index is 2770. The van der Waals surface area contributed by atoms with E-state index in [1.807, 2.05) is 24.3 Å². The van der Waals surface area contributed by atoms with Crippen LogP contribution in [0.4, 0.5) is 0 Å². The summed E-state index contributed by atoms with van der Waals surface area (Å²) in [6.07, 6.45) is 0. The summed E-state index contributed by atoms with van der Waals surface area (Å²) in [5.41, 5.74) is 11.0. The van der Waals surface area contributed by atoms with E-state index in [-0.39, 0.29) is 0 Å². The molecule has 4 heteroatoms. The van der Waals surface area contributed by atoms with Gasteiger partial charge in [0, 0.05) is 44.1 Å². The molecule has 10 aromatic rings. The Hall–Kier alpha value is -6.52. The first-order valence-corrected chi connectivity index (χ1v) is 16.2. The Labute approximate surface area is 276 Å². The van der Waals surface area contributed by atoms with E-state index < -0.39 is 0 Å². The Morgan fingerprint density at radius 1 is 0.417 bits per heavy atom. The van der Waals surface area contributed by atoms with Crippen LogP contribution < -0.4 is 0 Å². The number of para-hydroxylation sites is 4. The Kier molecular flexibility index (Phi) is 5.84. The molecule has 0 saturated heterocycles. The Balaban J connectivity index is 1.27. The monoisotopic (exact) mass is 613 g/mol. The van der Waals surface area contributed by atoms with Crippen LogP contribution in [0, 0.1) is 0 Å². The smallest absolute Gasteiger partial charge is 0.162 e. The van der Waals surface area contributed by atoms with Crippen LogP contribution in [0.5, 0.6) is 0 Å². The molecule has 7 aromatic carbocycles. The summed E-state index contributed by atoms with van der Waals surface area (Å²) in [7, 11) is 0. The van der Waals surface area contributed by atoms with Crippen LogP contribution in [0.15, 0.2) is 168 Å². The third-order valence-electron chi connectivity index (χ3n) is 9.43. The van der Waals surface area contributed by atoms with Gasteiger partial charge in [-0.1, -0.05) is 127 Å². The van der Waals surface area contributed by atoms with Crippen molar-refractivity contribution < 1.29 is 4.42 Å². The van der Waals surface area contributed by atoms with Crippen molar-refractivity contribution in [1.82, 2.24) is 14.5 Å². The first kappa shape index (κ1) is 26.7. The summed E-state index contributed by atoms with van der Waals surface area (Å²) < 4.78 is 8.80. The van der Waals surface area contributed by atoms with Gasteiger partial charge in [-0.2, -0.15) is 0 Å². The van der Waals surface area contributed by atoms with Gasteiger partial charge in [-0.15, -0.1) is 0 Å². The lowest BCUT2D eigenvalue weighted by Gasteiger charge is -2.15. The van der Waals surface area contributed by atoms with Crippen molar-refractivity contribution >= 4 is 54.6 Å². The van der Waals surface area contributed by atoms with Crippen LogP contribution in [0.3, 0.4) is 0 Å². The maximum atomic E-state index is 6.46. The largest absolute Gasteiger partial charge is 0.456 e. The standard InChI is InChI=1S/C44H27N3O/c1-2-12-28(13-3-1)29-22-24-30(25-23-29)43-34-17-4-8-18-37(34)45-44(46-43)36-26-35-33-16-7-11-21-41(33)48-42(35)27-40(36)47-38-19-9-5-14-31(38)32-15-6-10-20-39(32)47/h1-27H.